The zero-order valence-electron chi connectivity index (χ0n) is 17.3. The lowest BCUT2D eigenvalue weighted by Gasteiger charge is -2.16. The summed E-state index contributed by atoms with van der Waals surface area (Å²) in [6.45, 7) is 6.29. The molecule has 28 heavy (non-hydrogen) atoms. The van der Waals surface area contributed by atoms with Crippen molar-refractivity contribution in [1.29, 1.82) is 0 Å². The molecule has 1 saturated carbocycles. The summed E-state index contributed by atoms with van der Waals surface area (Å²) in [6, 6.07) is 8.28. The quantitative estimate of drug-likeness (QED) is 0.247. The SMILES string of the molecule is CCC(CC)CNC(=NC)NCCc1ccc(OCC(=O)NC2CC2)cc1.I. The van der Waals surface area contributed by atoms with Gasteiger partial charge in [0, 0.05) is 26.2 Å². The molecule has 0 atom stereocenters. The molecule has 1 aliphatic rings. The molecule has 3 N–H and O–H groups in total. The van der Waals surface area contributed by atoms with Crippen LogP contribution in [0.5, 0.6) is 5.75 Å². The number of halogens is 1. The van der Waals surface area contributed by atoms with Gasteiger partial charge in [0.2, 0.25) is 0 Å². The summed E-state index contributed by atoms with van der Waals surface area (Å²) < 4.78 is 5.53. The van der Waals surface area contributed by atoms with E-state index < -0.39 is 0 Å². The zero-order chi connectivity index (χ0) is 19.5. The van der Waals surface area contributed by atoms with Gasteiger partial charge in [0.25, 0.3) is 5.91 Å². The van der Waals surface area contributed by atoms with Crippen LogP contribution in [-0.4, -0.2) is 44.7 Å². The third-order valence-corrected chi connectivity index (χ3v) is 4.88. The Balaban J connectivity index is 0.00000392. The van der Waals surface area contributed by atoms with Crippen LogP contribution in [0.15, 0.2) is 29.3 Å². The fourth-order valence-electron chi connectivity index (χ4n) is 2.76. The van der Waals surface area contributed by atoms with Crippen LogP contribution in [0.2, 0.25) is 0 Å². The normalized spacial score (nSPS) is 13.6. The molecule has 6 nitrogen and oxygen atoms in total. The molecule has 0 aliphatic heterocycles. The van der Waals surface area contributed by atoms with Crippen molar-refractivity contribution in [3.8, 4) is 5.75 Å². The lowest BCUT2D eigenvalue weighted by atomic mass is 10.0. The van der Waals surface area contributed by atoms with E-state index >= 15 is 0 Å². The molecule has 0 saturated heterocycles. The first kappa shape index (κ1) is 24.5. The highest BCUT2D eigenvalue weighted by molar-refractivity contribution is 14.0. The highest BCUT2D eigenvalue weighted by Gasteiger charge is 2.23. The molecule has 0 spiro atoms. The smallest absolute Gasteiger partial charge is 0.258 e. The molecule has 2 rings (SSSR count). The lowest BCUT2D eigenvalue weighted by molar-refractivity contribution is -0.123. The van der Waals surface area contributed by atoms with Gasteiger partial charge in [-0.1, -0.05) is 38.8 Å². The van der Waals surface area contributed by atoms with Gasteiger partial charge in [-0.05, 0) is 42.9 Å². The molecule has 1 aromatic rings. The molecule has 158 valence electrons. The minimum absolute atomic E-state index is 0. The van der Waals surface area contributed by atoms with Gasteiger partial charge in [0.1, 0.15) is 5.75 Å². The molecule has 7 heteroatoms. The number of hydrogen-bond donors (Lipinski definition) is 3. The summed E-state index contributed by atoms with van der Waals surface area (Å²) in [6.07, 6.45) is 5.43. The molecule has 0 bridgehead atoms. The molecular formula is C21H35IN4O2. The van der Waals surface area contributed by atoms with Crippen LogP contribution in [0.4, 0.5) is 0 Å². The molecule has 1 aromatic carbocycles. The second-order valence-corrected chi connectivity index (χ2v) is 7.09. The summed E-state index contributed by atoms with van der Waals surface area (Å²) in [4.78, 5) is 15.9. The Bertz CT molecular complexity index is 599. The number of rotatable bonds is 11. The van der Waals surface area contributed by atoms with Crippen LogP contribution in [0, 0.1) is 5.92 Å². The maximum Gasteiger partial charge on any atom is 0.258 e. The third-order valence-electron chi connectivity index (χ3n) is 4.88. The van der Waals surface area contributed by atoms with Crippen molar-refractivity contribution in [3.63, 3.8) is 0 Å². The van der Waals surface area contributed by atoms with E-state index in [0.717, 1.165) is 44.1 Å². The molecule has 0 unspecified atom stereocenters. The van der Waals surface area contributed by atoms with Crippen LogP contribution in [0.25, 0.3) is 0 Å². The summed E-state index contributed by atoms with van der Waals surface area (Å²) in [5, 5.41) is 9.66. The van der Waals surface area contributed by atoms with Gasteiger partial charge >= 0.3 is 0 Å². The van der Waals surface area contributed by atoms with Crippen molar-refractivity contribution in [2.75, 3.05) is 26.7 Å². The first-order chi connectivity index (χ1) is 13.1. The summed E-state index contributed by atoms with van der Waals surface area (Å²) in [5.41, 5.74) is 1.22. The topological polar surface area (TPSA) is 74.8 Å². The summed E-state index contributed by atoms with van der Waals surface area (Å²) in [5.74, 6) is 2.21. The number of guanidine groups is 1. The highest BCUT2D eigenvalue weighted by Crippen LogP contribution is 2.18. The fraction of sp³-hybridized carbons (Fsp3) is 0.619. The molecule has 0 aromatic heterocycles. The van der Waals surface area contributed by atoms with E-state index in [9.17, 15) is 4.79 Å². The summed E-state index contributed by atoms with van der Waals surface area (Å²) >= 11 is 0. The van der Waals surface area contributed by atoms with Crippen LogP contribution in [-0.2, 0) is 11.2 Å². The van der Waals surface area contributed by atoms with Crippen LogP contribution in [0.1, 0.15) is 45.1 Å². The first-order valence-corrected chi connectivity index (χ1v) is 10.1. The number of benzene rings is 1. The average molecular weight is 502 g/mol. The zero-order valence-corrected chi connectivity index (χ0v) is 19.6. The minimum Gasteiger partial charge on any atom is -0.484 e. The van der Waals surface area contributed by atoms with Gasteiger partial charge < -0.3 is 20.7 Å². The van der Waals surface area contributed by atoms with Crippen LogP contribution < -0.4 is 20.7 Å². The number of nitrogens with zero attached hydrogens (tertiary/aromatic N) is 1. The van der Waals surface area contributed by atoms with Gasteiger partial charge in [-0.3, -0.25) is 9.79 Å². The largest absolute Gasteiger partial charge is 0.484 e. The molecule has 1 amide bonds. The van der Waals surface area contributed by atoms with Crippen molar-refractivity contribution in [2.45, 2.75) is 52.0 Å². The maximum absolute atomic E-state index is 11.6. The second kappa shape index (κ2) is 13.6. The number of aliphatic imine (C=N–C) groups is 1. The number of nitrogens with one attached hydrogen (secondary N) is 3. The fourth-order valence-corrected chi connectivity index (χ4v) is 2.76. The van der Waals surface area contributed by atoms with Crippen LogP contribution >= 0.6 is 24.0 Å². The van der Waals surface area contributed by atoms with Crippen molar-refractivity contribution in [1.82, 2.24) is 16.0 Å². The highest BCUT2D eigenvalue weighted by atomic mass is 127. The van der Waals surface area contributed by atoms with Gasteiger partial charge in [0.15, 0.2) is 12.6 Å². The molecule has 0 radical (unpaired) electrons. The van der Waals surface area contributed by atoms with Crippen molar-refractivity contribution < 1.29 is 9.53 Å². The van der Waals surface area contributed by atoms with E-state index in [2.05, 4.69) is 34.8 Å². The van der Waals surface area contributed by atoms with E-state index in [-0.39, 0.29) is 36.5 Å². The first-order valence-electron chi connectivity index (χ1n) is 10.1. The van der Waals surface area contributed by atoms with E-state index in [1.165, 1.54) is 18.4 Å². The van der Waals surface area contributed by atoms with Gasteiger partial charge in [-0.2, -0.15) is 0 Å². The predicted molar refractivity (Wildman–Crippen MR) is 126 cm³/mol. The minimum atomic E-state index is -0.0435. The van der Waals surface area contributed by atoms with Crippen LogP contribution in [0.3, 0.4) is 0 Å². The van der Waals surface area contributed by atoms with Crippen molar-refractivity contribution in [2.24, 2.45) is 10.9 Å². The Hall–Kier alpha value is -1.51. The van der Waals surface area contributed by atoms with Gasteiger partial charge in [0.05, 0.1) is 0 Å². The van der Waals surface area contributed by atoms with E-state index in [1.54, 1.807) is 7.05 Å². The van der Waals surface area contributed by atoms with E-state index in [4.69, 9.17) is 4.74 Å². The maximum atomic E-state index is 11.6. The third kappa shape index (κ3) is 9.61. The number of amides is 1. The Kier molecular flexibility index (Phi) is 11.9. The Morgan fingerprint density at radius 2 is 1.86 bits per heavy atom. The molecular weight excluding hydrogens is 467 g/mol. The standard InChI is InChI=1S/C21H34N4O2.HI/c1-4-16(5-2)14-24-21(22-3)23-13-12-17-6-10-19(11-7-17)27-15-20(26)25-18-8-9-18;/h6-7,10-11,16,18H,4-5,8-9,12-15H2,1-3H3,(H,25,26)(H2,22,23,24);1H. The average Bonchev–Trinajstić information content (AvgIpc) is 3.50. The Morgan fingerprint density at radius 1 is 1.18 bits per heavy atom. The Morgan fingerprint density at radius 3 is 2.43 bits per heavy atom. The number of hydrogen-bond acceptors (Lipinski definition) is 3. The van der Waals surface area contributed by atoms with Crippen molar-refractivity contribution >= 4 is 35.8 Å². The van der Waals surface area contributed by atoms with Gasteiger partial charge in [-0.15, -0.1) is 24.0 Å². The van der Waals surface area contributed by atoms with E-state index in [0.29, 0.717) is 12.0 Å². The number of carbonyl (C=O) groups is 1. The number of carbonyl (C=O) groups excluding carboxylic acids is 1. The van der Waals surface area contributed by atoms with Gasteiger partial charge in [-0.25, -0.2) is 0 Å². The second-order valence-electron chi connectivity index (χ2n) is 7.09. The molecule has 0 heterocycles. The summed E-state index contributed by atoms with van der Waals surface area (Å²) in [7, 11) is 1.80. The Labute approximate surface area is 186 Å². The number of ether oxygens (including phenoxy) is 1. The predicted octanol–water partition coefficient (Wildman–Crippen LogP) is 3.11. The monoisotopic (exact) mass is 502 g/mol. The molecule has 1 aliphatic carbocycles. The van der Waals surface area contributed by atoms with E-state index in [1.807, 2.05) is 24.3 Å². The molecule has 1 fully saturated rings. The van der Waals surface area contributed by atoms with Crippen molar-refractivity contribution in [3.05, 3.63) is 29.8 Å². The lowest BCUT2D eigenvalue weighted by Crippen LogP contribution is -2.40.